The van der Waals surface area contributed by atoms with Gasteiger partial charge >= 0.3 is 35.2 Å². The molecule has 1 heterocycles. The number of aromatic hydroxyl groups is 1. The molecule has 0 aromatic heterocycles. The number of benzene rings is 2. The monoisotopic (exact) mass is 498 g/mol. The second kappa shape index (κ2) is 10.9. The van der Waals surface area contributed by atoms with Crippen molar-refractivity contribution in [2.75, 3.05) is 0 Å². The average Bonchev–Trinajstić information content (AvgIpc) is 2.61. The first-order valence-corrected chi connectivity index (χ1v) is 8.82. The Labute approximate surface area is 207 Å². The van der Waals surface area contributed by atoms with Gasteiger partial charge in [0.05, 0.1) is 10.6 Å². The van der Waals surface area contributed by atoms with Crippen molar-refractivity contribution in [3.8, 4) is 5.75 Å². The predicted octanol–water partition coefficient (Wildman–Crippen LogP) is -2.54. The number of rotatable bonds is 4. The van der Waals surface area contributed by atoms with Gasteiger partial charge in [-0.2, -0.15) is 18.6 Å². The maximum absolute atomic E-state index is 12.4. The molecule has 0 saturated carbocycles. The molecule has 0 aliphatic carbocycles. The van der Waals surface area contributed by atoms with Crippen molar-refractivity contribution in [2.24, 2.45) is 15.2 Å². The van der Waals surface area contributed by atoms with E-state index in [1.807, 2.05) is 0 Å². The molecule has 0 bridgehead atoms. The summed E-state index contributed by atoms with van der Waals surface area (Å²) >= 11 is 0. The van der Waals surface area contributed by atoms with Crippen LogP contribution in [0.5, 0.6) is 5.75 Å². The van der Waals surface area contributed by atoms with E-state index in [2.05, 4.69) is 15.2 Å². The van der Waals surface area contributed by atoms with Gasteiger partial charge in [-0.15, -0.1) is 0 Å². The second-order valence-electron chi connectivity index (χ2n) is 5.49. The molecule has 1 unspecified atom stereocenters. The van der Waals surface area contributed by atoms with E-state index in [0.717, 1.165) is 0 Å². The van der Waals surface area contributed by atoms with Crippen molar-refractivity contribution in [1.29, 1.82) is 0 Å². The van der Waals surface area contributed by atoms with Crippen LogP contribution >= 0.6 is 0 Å². The molecule has 0 amide bonds. The molecule has 1 aliphatic heterocycles. The minimum atomic E-state index is -4.87. The summed E-state index contributed by atoms with van der Waals surface area (Å²) in [5.41, 5.74) is -1.55. The van der Waals surface area contributed by atoms with Crippen LogP contribution in [-0.4, -0.2) is 46.2 Å². The summed E-state index contributed by atoms with van der Waals surface area (Å²) < 4.78 is 31.6. The number of nitro benzene ring substituents is 1. The minimum Gasteiger partial charge on any atom is -0.860 e. The number of hydrogen-bond donors (Lipinski definition) is 2. The van der Waals surface area contributed by atoms with Crippen LogP contribution in [0.4, 0.5) is 17.1 Å². The molecule has 16 heteroatoms. The minimum absolute atomic E-state index is 0. The van der Waals surface area contributed by atoms with Crippen molar-refractivity contribution >= 4 is 38.9 Å². The van der Waals surface area contributed by atoms with Crippen LogP contribution in [-0.2, 0) is 27.5 Å². The van der Waals surface area contributed by atoms with Crippen LogP contribution < -0.4 is 34.7 Å². The molecule has 1 aliphatic rings. The molecule has 2 aromatic rings. The van der Waals surface area contributed by atoms with Crippen molar-refractivity contribution in [1.82, 2.24) is 0 Å². The van der Waals surface area contributed by atoms with Gasteiger partial charge in [-0.3, -0.25) is 24.5 Å². The Bertz CT molecular complexity index is 1190. The quantitative estimate of drug-likeness (QED) is 0.150. The van der Waals surface area contributed by atoms with Crippen molar-refractivity contribution in [2.45, 2.75) is 10.9 Å². The number of nitrogens with zero attached hydrogens (tertiary/aromatic N) is 4. The van der Waals surface area contributed by atoms with E-state index in [9.17, 15) is 33.5 Å². The first-order chi connectivity index (χ1) is 13.1. The third kappa shape index (κ3) is 5.94. The van der Waals surface area contributed by atoms with Crippen molar-refractivity contribution in [3.63, 3.8) is 0 Å². The summed E-state index contributed by atoms with van der Waals surface area (Å²) in [5.74, 6) is -2.75. The molecule has 1 atom stereocenters. The van der Waals surface area contributed by atoms with Gasteiger partial charge in [0.15, 0.2) is 11.8 Å². The molecule has 0 spiro atoms. The smallest absolute Gasteiger partial charge is 0.860 e. The third-order valence-corrected chi connectivity index (χ3v) is 4.53. The molecule has 0 fully saturated rings. The standard InChI is InChI=1S/C15H10N4O8S.Cr.Na.H2O/c20-13-8-3-1-2-4-9(8)16-15(22)12(13)18-17-10-5-7(28(25,26)27)6-11(14(10)21)19(23)24;;;/h1-6,12,21H,(H,16,22)(H,25,26,27);;;1H2/q;;+1;/p-1. The van der Waals surface area contributed by atoms with E-state index in [-0.39, 0.29) is 63.6 Å². The van der Waals surface area contributed by atoms with Gasteiger partial charge in [-0.25, -0.2) is 0 Å². The molecule has 158 valence electrons. The summed E-state index contributed by atoms with van der Waals surface area (Å²) in [5, 5.41) is 39.8. The third-order valence-electron chi connectivity index (χ3n) is 3.70. The zero-order valence-electron chi connectivity index (χ0n) is 15.5. The number of nitro groups is 1. The Morgan fingerprint density at radius 2 is 1.81 bits per heavy atom. The number of carbonyl (C=O) groups is 1. The molecular formula is C15H11CrN4NaO9S. The topological polar surface area (TPSA) is 226 Å². The number of ketones is 1. The maximum Gasteiger partial charge on any atom is 1.00 e. The Morgan fingerprint density at radius 3 is 2.39 bits per heavy atom. The molecule has 13 nitrogen and oxygen atoms in total. The van der Waals surface area contributed by atoms with Crippen LogP contribution in [0.3, 0.4) is 0 Å². The van der Waals surface area contributed by atoms with Gasteiger partial charge in [0, 0.05) is 29.0 Å². The zero-order valence-corrected chi connectivity index (χ0v) is 19.6. The molecule has 2 aromatic carbocycles. The average molecular weight is 498 g/mol. The normalized spacial score (nSPS) is 15.1. The van der Waals surface area contributed by atoms with Gasteiger partial charge in [0.1, 0.15) is 10.6 Å². The number of hydrogen-bond acceptors (Lipinski definition) is 10. The van der Waals surface area contributed by atoms with Gasteiger partial charge in [-0.05, 0) is 24.1 Å². The molecule has 31 heavy (non-hydrogen) atoms. The number of azo groups is 1. The summed E-state index contributed by atoms with van der Waals surface area (Å²) in [6, 6.07) is 5.29. The Morgan fingerprint density at radius 1 is 1.19 bits per heavy atom. The molecule has 3 rings (SSSR count). The summed E-state index contributed by atoms with van der Waals surface area (Å²) in [4.78, 5) is 25.0. The maximum atomic E-state index is 12.4. The van der Waals surface area contributed by atoms with E-state index < -0.39 is 54.8 Å². The van der Waals surface area contributed by atoms with E-state index in [1.165, 1.54) is 12.1 Å². The van der Waals surface area contributed by atoms with Gasteiger partial charge < -0.3 is 15.7 Å². The summed E-state index contributed by atoms with van der Waals surface area (Å²) in [7, 11) is -4.87. The second-order valence-corrected chi connectivity index (χ2v) is 6.91. The Hall–Kier alpha value is -2.22. The van der Waals surface area contributed by atoms with Crippen LogP contribution in [0.25, 0.3) is 0 Å². The van der Waals surface area contributed by atoms with Crippen molar-refractivity contribution < 1.29 is 85.3 Å². The largest absolute Gasteiger partial charge is 1.00 e. The van der Waals surface area contributed by atoms with Crippen LogP contribution in [0.2, 0.25) is 0 Å². The molecule has 0 saturated heterocycles. The Balaban J connectivity index is 0.00000300. The fourth-order valence-corrected chi connectivity index (χ4v) is 2.91. The van der Waals surface area contributed by atoms with Crippen LogP contribution in [0.15, 0.2) is 56.5 Å². The Kier molecular flexibility index (Phi) is 10.1. The fraction of sp³-hybridized carbons (Fsp3) is 0.0667. The number of carbonyl (C=O) groups excluding carboxylic acids is 1. The summed E-state index contributed by atoms with van der Waals surface area (Å²) in [6.07, 6.45) is 0. The van der Waals surface area contributed by atoms with Crippen LogP contribution in [0, 0.1) is 10.1 Å². The number of Topliss-reactive ketones (excluding diaryl/α,β-unsaturated/α-hetero) is 1. The fourth-order valence-electron chi connectivity index (χ4n) is 2.38. The van der Waals surface area contributed by atoms with Gasteiger partial charge in [0.2, 0.25) is 5.75 Å². The van der Waals surface area contributed by atoms with Crippen LogP contribution in [0.1, 0.15) is 10.4 Å². The van der Waals surface area contributed by atoms with E-state index in [0.29, 0.717) is 12.1 Å². The van der Waals surface area contributed by atoms with Gasteiger partial charge in [0.25, 0.3) is 10.1 Å². The first kappa shape index (κ1) is 28.8. The van der Waals surface area contributed by atoms with Crippen molar-refractivity contribution in [3.05, 3.63) is 52.1 Å². The first-order valence-electron chi connectivity index (χ1n) is 7.38. The molecule has 4 N–H and O–H groups in total. The zero-order chi connectivity index (χ0) is 20.6. The summed E-state index contributed by atoms with van der Waals surface area (Å²) in [6.45, 7) is 0. The van der Waals surface area contributed by atoms with E-state index in [4.69, 9.17) is 4.55 Å². The van der Waals surface area contributed by atoms with E-state index in [1.54, 1.807) is 12.1 Å². The van der Waals surface area contributed by atoms with Gasteiger partial charge in [-0.1, -0.05) is 12.1 Å². The predicted molar refractivity (Wildman–Crippen MR) is 94.4 cm³/mol. The molecule has 0 radical (unpaired) electrons. The number of fused-ring (bicyclic) bond motifs is 1. The molecular weight excluding hydrogens is 487 g/mol. The van der Waals surface area contributed by atoms with E-state index >= 15 is 0 Å². The number of phenols is 1. The number of phenolic OH excluding ortho intramolecular Hbond substituents is 1. The number of aliphatic imine (C=N–C) groups is 1. The SMILES string of the molecule is O.O=C1c2ccccc2N=C([O-])C1N=Nc1cc(S(=O)(=O)O)cc([N+](=O)[O-])c1O.[Cr].[Na+]. The number of para-hydroxylation sites is 1.